The van der Waals surface area contributed by atoms with E-state index in [2.05, 4.69) is 4.98 Å². The summed E-state index contributed by atoms with van der Waals surface area (Å²) in [5.74, 6) is 1.74. The molecular formula is C18H17N3O2S. The maximum atomic E-state index is 5.64. The van der Waals surface area contributed by atoms with Crippen LogP contribution in [0.1, 0.15) is 29.5 Å². The van der Waals surface area contributed by atoms with Gasteiger partial charge in [0.1, 0.15) is 17.6 Å². The summed E-state index contributed by atoms with van der Waals surface area (Å²) in [6.45, 7) is 1.99. The number of aryl methyl sites for hydroxylation is 1. The molecule has 0 fully saturated rings. The zero-order chi connectivity index (χ0) is 16.5. The van der Waals surface area contributed by atoms with Gasteiger partial charge in [0, 0.05) is 11.8 Å². The van der Waals surface area contributed by atoms with E-state index in [1.165, 1.54) is 0 Å². The average molecular weight is 339 g/mol. The molecule has 0 radical (unpaired) electrons. The van der Waals surface area contributed by atoms with Crippen LogP contribution in [0.3, 0.4) is 0 Å². The second kappa shape index (κ2) is 6.13. The van der Waals surface area contributed by atoms with Crippen molar-refractivity contribution in [3.05, 3.63) is 65.1 Å². The van der Waals surface area contributed by atoms with E-state index in [-0.39, 0.29) is 6.04 Å². The van der Waals surface area contributed by atoms with Crippen molar-refractivity contribution >= 4 is 22.2 Å². The van der Waals surface area contributed by atoms with Crippen LogP contribution in [-0.4, -0.2) is 17.8 Å². The number of hydrazone groups is 1. The molecule has 0 saturated heterocycles. The molecule has 3 aromatic rings. The third kappa shape index (κ3) is 2.69. The Balaban J connectivity index is 1.70. The summed E-state index contributed by atoms with van der Waals surface area (Å²) in [5.41, 5.74) is 3.11. The van der Waals surface area contributed by atoms with E-state index in [0.29, 0.717) is 0 Å². The van der Waals surface area contributed by atoms with E-state index in [1.54, 1.807) is 24.7 Å². The Hall–Kier alpha value is -2.60. The second-order valence-corrected chi connectivity index (χ2v) is 6.46. The molecule has 1 aromatic carbocycles. The van der Waals surface area contributed by atoms with Crippen LogP contribution in [0.15, 0.2) is 57.6 Å². The zero-order valence-corrected chi connectivity index (χ0v) is 14.3. The van der Waals surface area contributed by atoms with E-state index in [9.17, 15) is 0 Å². The number of hydrogen-bond acceptors (Lipinski definition) is 6. The van der Waals surface area contributed by atoms with Crippen LogP contribution in [0, 0.1) is 6.92 Å². The first-order valence-electron chi connectivity index (χ1n) is 7.71. The Morgan fingerprint density at radius 3 is 2.71 bits per heavy atom. The average Bonchev–Trinajstić information content (AvgIpc) is 3.34. The van der Waals surface area contributed by atoms with Gasteiger partial charge in [-0.3, -0.25) is 0 Å². The maximum absolute atomic E-state index is 5.64. The molecule has 1 atom stereocenters. The normalized spacial score (nSPS) is 17.2. The zero-order valence-electron chi connectivity index (χ0n) is 13.5. The molecular weight excluding hydrogens is 322 g/mol. The third-order valence-electron chi connectivity index (χ3n) is 4.01. The van der Waals surface area contributed by atoms with Crippen molar-refractivity contribution in [3.8, 4) is 5.75 Å². The van der Waals surface area contributed by atoms with Crippen molar-refractivity contribution in [1.82, 2.24) is 4.98 Å². The standard InChI is InChI=1S/C18H17N3O2S/c1-12-11-24-18(19-12)21-16(17-4-3-9-23-17)10-15(20-21)13-5-7-14(22-2)8-6-13/h3-9,11,16H,10H2,1-2H3. The molecule has 24 heavy (non-hydrogen) atoms. The molecule has 1 aliphatic rings. The van der Waals surface area contributed by atoms with Gasteiger partial charge in [-0.1, -0.05) is 0 Å². The van der Waals surface area contributed by atoms with E-state index in [1.807, 2.05) is 53.7 Å². The van der Waals surface area contributed by atoms with Gasteiger partial charge < -0.3 is 9.15 Å². The summed E-state index contributed by atoms with van der Waals surface area (Å²) >= 11 is 1.60. The number of thiazole rings is 1. The Kier molecular flexibility index (Phi) is 3.82. The highest BCUT2D eigenvalue weighted by Crippen LogP contribution is 2.38. The van der Waals surface area contributed by atoms with Gasteiger partial charge in [-0.25, -0.2) is 9.99 Å². The molecule has 3 heterocycles. The quantitative estimate of drug-likeness (QED) is 0.706. The predicted octanol–water partition coefficient (Wildman–Crippen LogP) is 4.41. The molecule has 0 bridgehead atoms. The van der Waals surface area contributed by atoms with E-state index in [0.717, 1.165) is 40.0 Å². The van der Waals surface area contributed by atoms with Gasteiger partial charge in [-0.05, 0) is 48.9 Å². The van der Waals surface area contributed by atoms with E-state index >= 15 is 0 Å². The Morgan fingerprint density at radius 2 is 2.08 bits per heavy atom. The molecule has 0 aliphatic carbocycles. The summed E-state index contributed by atoms with van der Waals surface area (Å²) in [6, 6.07) is 11.9. The van der Waals surface area contributed by atoms with Gasteiger partial charge in [-0.15, -0.1) is 11.3 Å². The fourth-order valence-corrected chi connectivity index (χ4v) is 3.60. The molecule has 122 valence electrons. The Morgan fingerprint density at radius 1 is 1.25 bits per heavy atom. The number of ether oxygens (including phenoxy) is 1. The van der Waals surface area contributed by atoms with Gasteiger partial charge in [-0.2, -0.15) is 5.10 Å². The number of anilines is 1. The molecule has 1 aliphatic heterocycles. The molecule has 0 spiro atoms. The lowest BCUT2D eigenvalue weighted by atomic mass is 10.0. The summed E-state index contributed by atoms with van der Waals surface area (Å²) in [5, 5.41) is 9.72. The molecule has 2 aromatic heterocycles. The lowest BCUT2D eigenvalue weighted by Crippen LogP contribution is -2.17. The summed E-state index contributed by atoms with van der Waals surface area (Å²) in [6.07, 6.45) is 2.48. The van der Waals surface area contributed by atoms with Crippen LogP contribution in [0.5, 0.6) is 5.75 Å². The minimum Gasteiger partial charge on any atom is -0.497 e. The first-order valence-corrected chi connectivity index (χ1v) is 8.59. The summed E-state index contributed by atoms with van der Waals surface area (Å²) < 4.78 is 10.9. The second-order valence-electron chi connectivity index (χ2n) is 5.63. The monoisotopic (exact) mass is 339 g/mol. The molecule has 1 unspecified atom stereocenters. The van der Waals surface area contributed by atoms with Gasteiger partial charge in [0.25, 0.3) is 0 Å². The Bertz CT molecular complexity index is 853. The number of furan rings is 1. The predicted molar refractivity (Wildman–Crippen MR) is 94.9 cm³/mol. The number of aromatic nitrogens is 1. The van der Waals surface area contributed by atoms with Crippen molar-refractivity contribution in [1.29, 1.82) is 0 Å². The highest BCUT2D eigenvalue weighted by atomic mass is 32.1. The maximum Gasteiger partial charge on any atom is 0.206 e. The summed E-state index contributed by atoms with van der Waals surface area (Å²) in [4.78, 5) is 4.58. The smallest absolute Gasteiger partial charge is 0.206 e. The number of methoxy groups -OCH3 is 1. The minimum atomic E-state index is 0.0302. The lowest BCUT2D eigenvalue weighted by Gasteiger charge is -2.18. The van der Waals surface area contributed by atoms with Gasteiger partial charge in [0.2, 0.25) is 5.13 Å². The molecule has 0 N–H and O–H groups in total. The van der Waals surface area contributed by atoms with Crippen LogP contribution in [-0.2, 0) is 0 Å². The van der Waals surface area contributed by atoms with Crippen LogP contribution >= 0.6 is 11.3 Å². The van der Waals surface area contributed by atoms with E-state index in [4.69, 9.17) is 14.3 Å². The molecule has 0 saturated carbocycles. The topological polar surface area (TPSA) is 50.9 Å². The largest absolute Gasteiger partial charge is 0.497 e. The van der Waals surface area contributed by atoms with Crippen molar-refractivity contribution in [2.45, 2.75) is 19.4 Å². The van der Waals surface area contributed by atoms with Crippen molar-refractivity contribution in [2.75, 3.05) is 12.1 Å². The number of rotatable bonds is 4. The molecule has 6 heteroatoms. The van der Waals surface area contributed by atoms with E-state index < -0.39 is 0 Å². The van der Waals surface area contributed by atoms with Crippen LogP contribution in [0.4, 0.5) is 5.13 Å². The number of benzene rings is 1. The first kappa shape index (κ1) is 15.0. The molecule has 4 rings (SSSR count). The van der Waals surface area contributed by atoms with Gasteiger partial charge >= 0.3 is 0 Å². The van der Waals surface area contributed by atoms with Crippen LogP contribution in [0.25, 0.3) is 0 Å². The highest BCUT2D eigenvalue weighted by Gasteiger charge is 2.33. The number of hydrogen-bond donors (Lipinski definition) is 0. The lowest BCUT2D eigenvalue weighted by molar-refractivity contribution is 0.415. The highest BCUT2D eigenvalue weighted by molar-refractivity contribution is 7.13. The fourth-order valence-electron chi connectivity index (χ4n) is 2.79. The molecule has 0 amide bonds. The van der Waals surface area contributed by atoms with Gasteiger partial charge in [0.15, 0.2) is 0 Å². The SMILES string of the molecule is COc1ccc(C2=NN(c3nc(C)cs3)C(c3ccco3)C2)cc1. The summed E-state index contributed by atoms with van der Waals surface area (Å²) in [7, 11) is 1.67. The Labute approximate surface area is 144 Å². The van der Waals surface area contributed by atoms with Crippen LogP contribution < -0.4 is 9.75 Å². The van der Waals surface area contributed by atoms with Crippen molar-refractivity contribution in [3.63, 3.8) is 0 Å². The fraction of sp³-hybridized carbons (Fsp3) is 0.222. The third-order valence-corrected chi connectivity index (χ3v) is 4.96. The molecule has 5 nitrogen and oxygen atoms in total. The van der Waals surface area contributed by atoms with Crippen LogP contribution in [0.2, 0.25) is 0 Å². The van der Waals surface area contributed by atoms with Gasteiger partial charge in [0.05, 0.1) is 24.8 Å². The minimum absolute atomic E-state index is 0.0302. The first-order chi connectivity index (χ1) is 11.7. The van der Waals surface area contributed by atoms with Crippen molar-refractivity contribution < 1.29 is 9.15 Å². The van der Waals surface area contributed by atoms with Crippen molar-refractivity contribution in [2.24, 2.45) is 5.10 Å². The number of nitrogens with zero attached hydrogens (tertiary/aromatic N) is 3.